The summed E-state index contributed by atoms with van der Waals surface area (Å²) in [6.45, 7) is 2.92. The molecule has 0 aliphatic carbocycles. The summed E-state index contributed by atoms with van der Waals surface area (Å²) < 4.78 is 6.00. The van der Waals surface area contributed by atoms with Crippen molar-refractivity contribution in [1.82, 2.24) is 9.97 Å². The second kappa shape index (κ2) is 11.3. The number of nitrogens with one attached hydrogen (secondary N) is 3. The van der Waals surface area contributed by atoms with Crippen LogP contribution in [0.4, 0.5) is 23.0 Å². The first-order chi connectivity index (χ1) is 17.4. The summed E-state index contributed by atoms with van der Waals surface area (Å²) in [5.41, 5.74) is 7.42. The number of anilines is 4. The van der Waals surface area contributed by atoms with Crippen LogP contribution in [0, 0.1) is 6.92 Å². The lowest BCUT2D eigenvalue weighted by Crippen LogP contribution is -2.17. The van der Waals surface area contributed by atoms with Crippen molar-refractivity contribution in [2.24, 2.45) is 5.73 Å². The lowest BCUT2D eigenvalue weighted by atomic mass is 10.2. The standard InChI is InChI=1S/C25H24Cl2N6O3/c1-14-31-23(29-11-10-28)22(24(32-14)33-20-5-3-2-4-17(20)25(34)35)30-13-16-7-9-21(36-16)18-12-15(26)6-8-19(18)27/h2-9,12,30H,10-11,13,28H2,1H3,(H,34,35)(H2,29,31,32,33). The molecule has 11 heteroatoms. The third-order valence-electron chi connectivity index (χ3n) is 5.16. The number of hydrogen-bond acceptors (Lipinski definition) is 8. The monoisotopic (exact) mass is 526 g/mol. The SMILES string of the molecule is Cc1nc(NCCN)c(NCc2ccc(-c3cc(Cl)ccc3Cl)o2)c(Nc2ccccc2C(=O)O)n1. The van der Waals surface area contributed by atoms with Crippen molar-refractivity contribution in [2.45, 2.75) is 13.5 Å². The number of aromatic carboxylic acids is 1. The van der Waals surface area contributed by atoms with Gasteiger partial charge in [-0.15, -0.1) is 0 Å². The summed E-state index contributed by atoms with van der Waals surface area (Å²) in [6.07, 6.45) is 0. The Labute approximate surface area is 217 Å². The van der Waals surface area contributed by atoms with E-state index in [-0.39, 0.29) is 12.1 Å². The lowest BCUT2D eigenvalue weighted by molar-refractivity contribution is 0.0698. The highest BCUT2D eigenvalue weighted by molar-refractivity contribution is 6.35. The van der Waals surface area contributed by atoms with E-state index in [1.807, 2.05) is 12.1 Å². The highest BCUT2D eigenvalue weighted by atomic mass is 35.5. The van der Waals surface area contributed by atoms with Crippen LogP contribution in [0.15, 0.2) is 59.0 Å². The number of hydrogen-bond donors (Lipinski definition) is 5. The minimum atomic E-state index is -1.05. The zero-order valence-corrected chi connectivity index (χ0v) is 20.8. The number of para-hydroxylation sites is 1. The molecule has 0 saturated carbocycles. The van der Waals surface area contributed by atoms with Gasteiger partial charge in [0, 0.05) is 23.7 Å². The molecule has 0 radical (unpaired) electrons. The van der Waals surface area contributed by atoms with Gasteiger partial charge in [0.15, 0.2) is 11.6 Å². The molecule has 4 rings (SSSR count). The van der Waals surface area contributed by atoms with Crippen LogP contribution in [0.2, 0.25) is 10.0 Å². The minimum absolute atomic E-state index is 0.116. The van der Waals surface area contributed by atoms with Crippen LogP contribution in [-0.2, 0) is 6.54 Å². The number of furan rings is 1. The normalized spacial score (nSPS) is 10.8. The van der Waals surface area contributed by atoms with Crippen molar-refractivity contribution in [3.8, 4) is 11.3 Å². The Balaban J connectivity index is 1.65. The number of nitrogens with two attached hydrogens (primary N) is 1. The Morgan fingerprint density at radius 2 is 1.83 bits per heavy atom. The molecule has 2 aromatic heterocycles. The maximum atomic E-state index is 11.7. The summed E-state index contributed by atoms with van der Waals surface area (Å²) in [4.78, 5) is 20.7. The number of aryl methyl sites for hydroxylation is 1. The Hall–Kier alpha value is -3.79. The second-order valence-electron chi connectivity index (χ2n) is 7.78. The van der Waals surface area contributed by atoms with Crippen LogP contribution >= 0.6 is 23.2 Å². The predicted octanol–water partition coefficient (Wildman–Crippen LogP) is 5.78. The third-order valence-corrected chi connectivity index (χ3v) is 5.73. The molecule has 4 aromatic rings. The molecular formula is C25H24Cl2N6O3. The van der Waals surface area contributed by atoms with Crippen LogP contribution < -0.4 is 21.7 Å². The Morgan fingerprint density at radius 1 is 1.06 bits per heavy atom. The van der Waals surface area contributed by atoms with Gasteiger partial charge in [0.1, 0.15) is 23.0 Å². The van der Waals surface area contributed by atoms with Gasteiger partial charge in [-0.1, -0.05) is 35.3 Å². The molecule has 0 spiro atoms. The van der Waals surface area contributed by atoms with Gasteiger partial charge in [-0.3, -0.25) is 0 Å². The van der Waals surface area contributed by atoms with Gasteiger partial charge in [0.2, 0.25) is 0 Å². The molecule has 0 amide bonds. The van der Waals surface area contributed by atoms with Crippen LogP contribution in [0.5, 0.6) is 0 Å². The number of rotatable bonds is 10. The quantitative estimate of drug-likeness (QED) is 0.174. The van der Waals surface area contributed by atoms with E-state index in [9.17, 15) is 9.90 Å². The molecule has 2 heterocycles. The smallest absolute Gasteiger partial charge is 0.337 e. The molecule has 0 bridgehead atoms. The number of benzene rings is 2. The van der Waals surface area contributed by atoms with Crippen molar-refractivity contribution in [3.05, 3.63) is 81.8 Å². The van der Waals surface area contributed by atoms with Gasteiger partial charge in [0.05, 0.1) is 22.8 Å². The molecule has 0 aliphatic rings. The van der Waals surface area contributed by atoms with Crippen molar-refractivity contribution < 1.29 is 14.3 Å². The fourth-order valence-electron chi connectivity index (χ4n) is 3.53. The van der Waals surface area contributed by atoms with Crippen molar-refractivity contribution in [3.63, 3.8) is 0 Å². The van der Waals surface area contributed by atoms with Gasteiger partial charge in [-0.2, -0.15) is 0 Å². The summed E-state index contributed by atoms with van der Waals surface area (Å²) in [5.74, 6) is 1.57. The van der Waals surface area contributed by atoms with Crippen LogP contribution in [0.25, 0.3) is 11.3 Å². The first-order valence-electron chi connectivity index (χ1n) is 11.1. The molecule has 0 atom stereocenters. The van der Waals surface area contributed by atoms with Crippen LogP contribution in [-0.4, -0.2) is 34.1 Å². The zero-order valence-electron chi connectivity index (χ0n) is 19.3. The highest BCUT2D eigenvalue weighted by Gasteiger charge is 2.17. The Kier molecular flexibility index (Phi) is 7.94. The Bertz CT molecular complexity index is 1390. The maximum Gasteiger partial charge on any atom is 0.337 e. The average molecular weight is 527 g/mol. The van der Waals surface area contributed by atoms with E-state index < -0.39 is 5.97 Å². The summed E-state index contributed by atoms with van der Waals surface area (Å²) >= 11 is 12.4. The number of halogens is 2. The number of carbonyl (C=O) groups is 1. The number of carboxylic acids is 1. The van der Waals surface area contributed by atoms with E-state index in [1.165, 1.54) is 6.07 Å². The lowest BCUT2D eigenvalue weighted by Gasteiger charge is -2.18. The highest BCUT2D eigenvalue weighted by Crippen LogP contribution is 2.34. The van der Waals surface area contributed by atoms with Gasteiger partial charge in [-0.05, 0) is 49.4 Å². The first kappa shape index (κ1) is 25.3. The molecule has 2 aromatic carbocycles. The number of carboxylic acid groups (broad SMARTS) is 1. The first-order valence-corrected chi connectivity index (χ1v) is 11.8. The molecule has 36 heavy (non-hydrogen) atoms. The van der Waals surface area contributed by atoms with E-state index >= 15 is 0 Å². The van der Waals surface area contributed by atoms with E-state index in [4.69, 9.17) is 33.4 Å². The molecule has 186 valence electrons. The summed E-state index contributed by atoms with van der Waals surface area (Å²) in [7, 11) is 0. The molecule has 6 N–H and O–H groups in total. The van der Waals surface area contributed by atoms with Crippen molar-refractivity contribution in [1.29, 1.82) is 0 Å². The predicted molar refractivity (Wildman–Crippen MR) is 142 cm³/mol. The topological polar surface area (TPSA) is 138 Å². The fraction of sp³-hybridized carbons (Fsp3) is 0.160. The third kappa shape index (κ3) is 5.88. The Morgan fingerprint density at radius 3 is 2.61 bits per heavy atom. The number of aromatic nitrogens is 2. The molecule has 0 fully saturated rings. The molecule has 0 unspecified atom stereocenters. The molecular weight excluding hydrogens is 503 g/mol. The molecule has 0 aliphatic heterocycles. The van der Waals surface area contributed by atoms with E-state index in [0.717, 1.165) is 0 Å². The van der Waals surface area contributed by atoms with Gasteiger partial charge in [-0.25, -0.2) is 14.8 Å². The van der Waals surface area contributed by atoms with Crippen LogP contribution in [0.3, 0.4) is 0 Å². The van der Waals surface area contributed by atoms with Gasteiger partial charge in [0.25, 0.3) is 0 Å². The van der Waals surface area contributed by atoms with Crippen molar-refractivity contribution >= 4 is 52.2 Å². The maximum absolute atomic E-state index is 11.7. The molecule has 0 saturated heterocycles. The largest absolute Gasteiger partial charge is 0.478 e. The average Bonchev–Trinajstić information content (AvgIpc) is 3.32. The zero-order chi connectivity index (χ0) is 25.7. The van der Waals surface area contributed by atoms with Crippen molar-refractivity contribution in [2.75, 3.05) is 29.0 Å². The number of nitrogens with zero attached hydrogens (tertiary/aromatic N) is 2. The fourth-order valence-corrected chi connectivity index (χ4v) is 3.92. The van der Waals surface area contributed by atoms with Gasteiger partial charge >= 0.3 is 5.97 Å². The van der Waals surface area contributed by atoms with Crippen LogP contribution in [0.1, 0.15) is 21.9 Å². The van der Waals surface area contributed by atoms with E-state index in [2.05, 4.69) is 25.9 Å². The van der Waals surface area contributed by atoms with E-state index in [0.29, 0.717) is 69.1 Å². The van der Waals surface area contributed by atoms with E-state index in [1.54, 1.807) is 43.3 Å². The minimum Gasteiger partial charge on any atom is -0.478 e. The summed E-state index contributed by atoms with van der Waals surface area (Å²) in [6, 6.07) is 15.4. The summed E-state index contributed by atoms with van der Waals surface area (Å²) in [5, 5.41) is 20.3. The van der Waals surface area contributed by atoms with Gasteiger partial charge < -0.3 is 31.2 Å². The second-order valence-corrected chi connectivity index (χ2v) is 8.62. The molecule has 9 nitrogen and oxygen atoms in total.